The summed E-state index contributed by atoms with van der Waals surface area (Å²) in [4.78, 5) is 10.7. The van der Waals surface area contributed by atoms with Crippen LogP contribution in [0.5, 0.6) is 0 Å². The highest BCUT2D eigenvalue weighted by Crippen LogP contribution is 2.35. The van der Waals surface area contributed by atoms with Crippen molar-refractivity contribution >= 4 is 27.2 Å². The summed E-state index contributed by atoms with van der Waals surface area (Å²) in [5, 5.41) is 8.58. The van der Waals surface area contributed by atoms with Gasteiger partial charge in [0.15, 0.2) is 0 Å². The summed E-state index contributed by atoms with van der Waals surface area (Å²) in [5.74, 6) is -0.545. The molecular formula is C14H14F3N7S. The van der Waals surface area contributed by atoms with Crippen molar-refractivity contribution in [2.24, 2.45) is 0 Å². The molecule has 1 aliphatic rings. The summed E-state index contributed by atoms with van der Waals surface area (Å²) < 4.78 is 40.7. The minimum absolute atomic E-state index is 0.270. The summed E-state index contributed by atoms with van der Waals surface area (Å²) in [6, 6.07) is 0.982. The van der Waals surface area contributed by atoms with Crippen LogP contribution >= 0.6 is 11.3 Å². The average molecular weight is 369 g/mol. The molecule has 0 unspecified atom stereocenters. The number of alkyl halides is 3. The van der Waals surface area contributed by atoms with E-state index in [-0.39, 0.29) is 5.56 Å². The van der Waals surface area contributed by atoms with Gasteiger partial charge in [0, 0.05) is 37.9 Å². The molecule has 3 aromatic rings. The van der Waals surface area contributed by atoms with Crippen molar-refractivity contribution in [3.63, 3.8) is 0 Å². The van der Waals surface area contributed by atoms with Crippen molar-refractivity contribution < 1.29 is 13.2 Å². The lowest BCUT2D eigenvalue weighted by Crippen LogP contribution is -2.43. The minimum Gasteiger partial charge on any atom is -0.383 e. The van der Waals surface area contributed by atoms with Crippen LogP contribution in [-0.4, -0.2) is 45.8 Å². The number of aromatic nitrogens is 4. The second kappa shape index (κ2) is 5.85. The van der Waals surface area contributed by atoms with Crippen LogP contribution < -0.4 is 16.0 Å². The maximum absolute atomic E-state index is 13.1. The molecule has 4 heterocycles. The number of imidazole rings is 1. The molecule has 11 heteroatoms. The molecule has 0 atom stereocenters. The predicted molar refractivity (Wildman–Crippen MR) is 88.6 cm³/mol. The van der Waals surface area contributed by atoms with Crippen molar-refractivity contribution in [3.8, 4) is 11.3 Å². The molecule has 0 saturated carbocycles. The number of nitrogens with one attached hydrogen (secondary N) is 1. The van der Waals surface area contributed by atoms with E-state index < -0.39 is 17.6 Å². The Morgan fingerprint density at radius 2 is 1.92 bits per heavy atom. The summed E-state index contributed by atoms with van der Waals surface area (Å²) in [5.41, 5.74) is 5.12. The van der Waals surface area contributed by atoms with Crippen LogP contribution in [0.1, 0.15) is 5.56 Å². The molecular weight excluding hydrogens is 355 g/mol. The molecule has 7 nitrogen and oxygen atoms in total. The quantitative estimate of drug-likeness (QED) is 0.717. The Kier molecular flexibility index (Phi) is 3.76. The molecule has 132 valence electrons. The molecule has 4 rings (SSSR count). The van der Waals surface area contributed by atoms with E-state index in [0.29, 0.717) is 10.7 Å². The van der Waals surface area contributed by atoms with Crippen LogP contribution in [0.4, 0.5) is 24.1 Å². The molecule has 3 aromatic heterocycles. The van der Waals surface area contributed by atoms with E-state index in [9.17, 15) is 13.2 Å². The van der Waals surface area contributed by atoms with E-state index in [1.807, 2.05) is 0 Å². The number of anilines is 2. The molecule has 0 aliphatic carbocycles. The van der Waals surface area contributed by atoms with Gasteiger partial charge in [0.05, 0.1) is 17.5 Å². The highest BCUT2D eigenvalue weighted by atomic mass is 32.1. The normalized spacial score (nSPS) is 15.9. The number of halogens is 3. The molecule has 1 fully saturated rings. The SMILES string of the molecule is Nc1ncc(-c2cnc3sc(N4CCNCC4)nn23)cc1C(F)(F)F. The van der Waals surface area contributed by atoms with Gasteiger partial charge in [-0.3, -0.25) is 0 Å². The first kappa shape index (κ1) is 16.1. The second-order valence-corrected chi connectivity index (χ2v) is 6.55. The third kappa shape index (κ3) is 2.89. The molecule has 25 heavy (non-hydrogen) atoms. The number of nitrogens with zero attached hydrogens (tertiary/aromatic N) is 5. The van der Waals surface area contributed by atoms with Gasteiger partial charge in [-0.1, -0.05) is 11.3 Å². The summed E-state index contributed by atoms with van der Waals surface area (Å²) in [6.07, 6.45) is -1.77. The molecule has 0 amide bonds. The van der Waals surface area contributed by atoms with Crippen LogP contribution in [0, 0.1) is 0 Å². The fourth-order valence-corrected chi connectivity index (χ4v) is 3.63. The molecule has 1 aliphatic heterocycles. The third-order valence-electron chi connectivity index (χ3n) is 3.98. The first-order valence-corrected chi connectivity index (χ1v) is 8.38. The van der Waals surface area contributed by atoms with Crippen LogP contribution in [0.3, 0.4) is 0 Å². The lowest BCUT2D eigenvalue weighted by Gasteiger charge is -2.26. The van der Waals surface area contributed by atoms with Gasteiger partial charge in [0.2, 0.25) is 10.1 Å². The van der Waals surface area contributed by atoms with Crippen molar-refractivity contribution in [3.05, 3.63) is 24.0 Å². The number of fused-ring (bicyclic) bond motifs is 1. The van der Waals surface area contributed by atoms with Crippen LogP contribution in [-0.2, 0) is 6.18 Å². The van der Waals surface area contributed by atoms with Gasteiger partial charge in [-0.25, -0.2) is 14.5 Å². The highest BCUT2D eigenvalue weighted by molar-refractivity contribution is 7.20. The number of pyridine rings is 1. The zero-order valence-corrected chi connectivity index (χ0v) is 13.7. The smallest absolute Gasteiger partial charge is 0.383 e. The lowest BCUT2D eigenvalue weighted by molar-refractivity contribution is -0.137. The van der Waals surface area contributed by atoms with Crippen molar-refractivity contribution in [1.29, 1.82) is 0 Å². The van der Waals surface area contributed by atoms with Gasteiger partial charge in [-0.15, -0.1) is 5.10 Å². The topological polar surface area (TPSA) is 84.4 Å². The Morgan fingerprint density at radius 3 is 2.64 bits per heavy atom. The van der Waals surface area contributed by atoms with E-state index in [1.165, 1.54) is 23.7 Å². The van der Waals surface area contributed by atoms with Crippen LogP contribution in [0.25, 0.3) is 16.2 Å². The molecule has 3 N–H and O–H groups in total. The van der Waals surface area contributed by atoms with Crippen molar-refractivity contribution in [2.45, 2.75) is 6.18 Å². The second-order valence-electron chi connectivity index (χ2n) is 5.61. The van der Waals surface area contributed by atoms with Gasteiger partial charge in [-0.2, -0.15) is 13.2 Å². The first-order valence-electron chi connectivity index (χ1n) is 7.57. The molecule has 0 spiro atoms. The Balaban J connectivity index is 1.76. The van der Waals surface area contributed by atoms with E-state index in [0.717, 1.165) is 37.4 Å². The number of nitrogen functional groups attached to an aromatic ring is 1. The third-order valence-corrected chi connectivity index (χ3v) is 4.97. The number of rotatable bonds is 2. The minimum atomic E-state index is -4.56. The van der Waals surface area contributed by atoms with Gasteiger partial charge < -0.3 is 16.0 Å². The Labute approximate surface area is 144 Å². The Bertz CT molecular complexity index is 911. The van der Waals surface area contributed by atoms with Crippen LogP contribution in [0.2, 0.25) is 0 Å². The maximum Gasteiger partial charge on any atom is 0.419 e. The molecule has 0 radical (unpaired) electrons. The largest absolute Gasteiger partial charge is 0.419 e. The number of piperazine rings is 1. The van der Waals surface area contributed by atoms with E-state index in [4.69, 9.17) is 5.73 Å². The first-order chi connectivity index (χ1) is 11.9. The summed E-state index contributed by atoms with van der Waals surface area (Å²) >= 11 is 1.40. The van der Waals surface area contributed by atoms with Gasteiger partial charge >= 0.3 is 6.18 Å². The van der Waals surface area contributed by atoms with E-state index in [1.54, 1.807) is 4.52 Å². The summed E-state index contributed by atoms with van der Waals surface area (Å²) in [7, 11) is 0. The number of hydrogen-bond acceptors (Lipinski definition) is 7. The lowest BCUT2D eigenvalue weighted by atomic mass is 10.1. The van der Waals surface area contributed by atoms with Crippen molar-refractivity contribution in [1.82, 2.24) is 24.9 Å². The summed E-state index contributed by atoms with van der Waals surface area (Å²) in [6.45, 7) is 3.39. The standard InChI is InChI=1S/C14H14F3N7S/c15-14(16,17)9-5-8(6-20-11(9)18)10-7-21-12-24(10)22-13(25-12)23-3-1-19-2-4-23/h5-7,19H,1-4H2,(H2,18,20). The fourth-order valence-electron chi connectivity index (χ4n) is 2.71. The van der Waals surface area contributed by atoms with Gasteiger partial charge in [-0.05, 0) is 6.07 Å². The fraction of sp³-hybridized carbons (Fsp3) is 0.357. The zero-order chi connectivity index (χ0) is 17.6. The van der Waals surface area contributed by atoms with Crippen molar-refractivity contribution in [2.75, 3.05) is 36.8 Å². The molecule has 1 saturated heterocycles. The monoisotopic (exact) mass is 369 g/mol. The average Bonchev–Trinajstić information content (AvgIpc) is 3.16. The Morgan fingerprint density at radius 1 is 1.16 bits per heavy atom. The predicted octanol–water partition coefficient (Wildman–Crippen LogP) is 1.86. The highest BCUT2D eigenvalue weighted by Gasteiger charge is 2.34. The molecule has 0 bridgehead atoms. The number of nitrogens with two attached hydrogens (primary N) is 1. The van der Waals surface area contributed by atoms with E-state index in [2.05, 4.69) is 25.3 Å². The van der Waals surface area contributed by atoms with Gasteiger partial charge in [0.25, 0.3) is 0 Å². The van der Waals surface area contributed by atoms with Gasteiger partial charge in [0.1, 0.15) is 5.82 Å². The Hall–Kier alpha value is -2.40. The maximum atomic E-state index is 13.1. The number of hydrogen-bond donors (Lipinski definition) is 2. The zero-order valence-electron chi connectivity index (χ0n) is 12.9. The molecule has 0 aromatic carbocycles. The van der Waals surface area contributed by atoms with Crippen LogP contribution in [0.15, 0.2) is 18.5 Å². The van der Waals surface area contributed by atoms with E-state index >= 15 is 0 Å².